The highest BCUT2D eigenvalue weighted by atomic mass is 32.2. The maximum atomic E-state index is 12.5. The predicted octanol–water partition coefficient (Wildman–Crippen LogP) is 3.72. The van der Waals surface area contributed by atoms with Crippen LogP contribution in [-0.4, -0.2) is 62.6 Å². The van der Waals surface area contributed by atoms with Gasteiger partial charge in [0.15, 0.2) is 0 Å². The van der Waals surface area contributed by atoms with Crippen LogP contribution in [0.4, 0.5) is 0 Å². The van der Waals surface area contributed by atoms with Gasteiger partial charge in [-0.3, -0.25) is 18.7 Å². The number of rotatable bonds is 21. The first kappa shape index (κ1) is 32.5. The van der Waals surface area contributed by atoms with E-state index < -0.39 is 49.6 Å². The third-order valence-corrected chi connectivity index (χ3v) is 6.71. The van der Waals surface area contributed by atoms with E-state index in [4.69, 9.17) is 18.6 Å². The van der Waals surface area contributed by atoms with Gasteiger partial charge in [-0.05, 0) is 25.7 Å². The van der Waals surface area contributed by atoms with E-state index in [2.05, 4.69) is 13.5 Å². The molecule has 0 amide bonds. The van der Waals surface area contributed by atoms with Crippen LogP contribution < -0.4 is 0 Å². The summed E-state index contributed by atoms with van der Waals surface area (Å²) >= 11 is 0. The molecule has 0 aromatic heterocycles. The van der Waals surface area contributed by atoms with Crippen LogP contribution in [0.2, 0.25) is 0 Å². The normalized spacial score (nSPS) is 12.8. The van der Waals surface area contributed by atoms with Gasteiger partial charge in [-0.1, -0.05) is 64.0 Å². The molecule has 0 fully saturated rings. The number of unbranched alkanes of at least 4 members (excludes halogenated alkanes) is 7. The Morgan fingerprint density at radius 1 is 0.765 bits per heavy atom. The second-order valence-corrected chi connectivity index (χ2v) is 11.5. The molecule has 0 aliphatic carbocycles. The summed E-state index contributed by atoms with van der Waals surface area (Å²) in [6, 6.07) is 0. The van der Waals surface area contributed by atoms with Gasteiger partial charge < -0.3 is 9.47 Å². The molecule has 0 aliphatic rings. The first-order chi connectivity index (χ1) is 15.9. The van der Waals surface area contributed by atoms with Crippen molar-refractivity contribution in [1.29, 1.82) is 0 Å². The van der Waals surface area contributed by atoms with Gasteiger partial charge in [-0.25, -0.2) is 0 Å². The molecular weight excluding hydrogens is 488 g/mol. The zero-order valence-electron chi connectivity index (χ0n) is 20.1. The van der Waals surface area contributed by atoms with E-state index in [0.29, 0.717) is 12.0 Å². The minimum atomic E-state index is -4.17. The Balaban J connectivity index is 4.67. The van der Waals surface area contributed by atoms with Crippen molar-refractivity contribution in [3.63, 3.8) is 0 Å². The fraction of sp³-hybridized carbons (Fsp3) is 0.818. The average Bonchev–Trinajstić information content (AvgIpc) is 2.72. The molecule has 0 saturated heterocycles. The van der Waals surface area contributed by atoms with E-state index in [1.54, 1.807) is 0 Å². The molecular formula is C22H40O10S2. The standard InChI is InChI=1S/C22H40O10S2/c1-3-4-5-6-7-8-9-10-13-19(2)20(22(24)32-15-12-17-34(28,29)30)18-21(23)31-14-11-16-33(25,26)27/h20H,2-18H2,1H3,(H,25,26,27)(H,28,29,30). The van der Waals surface area contributed by atoms with E-state index in [9.17, 15) is 26.4 Å². The maximum absolute atomic E-state index is 12.5. The molecule has 0 spiro atoms. The van der Waals surface area contributed by atoms with E-state index in [1.807, 2.05) is 0 Å². The van der Waals surface area contributed by atoms with Gasteiger partial charge in [0.2, 0.25) is 0 Å². The number of carbonyl (C=O) groups is 2. The van der Waals surface area contributed by atoms with Crippen molar-refractivity contribution in [2.75, 3.05) is 24.7 Å². The van der Waals surface area contributed by atoms with Crippen molar-refractivity contribution in [3.05, 3.63) is 12.2 Å². The second-order valence-electron chi connectivity index (χ2n) is 8.31. The van der Waals surface area contributed by atoms with Crippen LogP contribution in [0.3, 0.4) is 0 Å². The average molecular weight is 529 g/mol. The molecule has 1 atom stereocenters. The molecule has 0 saturated carbocycles. The molecule has 34 heavy (non-hydrogen) atoms. The van der Waals surface area contributed by atoms with Crippen molar-refractivity contribution in [3.8, 4) is 0 Å². The van der Waals surface area contributed by atoms with Crippen LogP contribution in [0.25, 0.3) is 0 Å². The highest BCUT2D eigenvalue weighted by Crippen LogP contribution is 2.23. The Kier molecular flexibility index (Phi) is 17.1. The fourth-order valence-electron chi connectivity index (χ4n) is 3.22. The molecule has 0 aromatic rings. The van der Waals surface area contributed by atoms with E-state index in [0.717, 1.165) is 25.7 Å². The van der Waals surface area contributed by atoms with Crippen LogP contribution >= 0.6 is 0 Å². The lowest BCUT2D eigenvalue weighted by molar-refractivity contribution is -0.154. The van der Waals surface area contributed by atoms with Crippen LogP contribution in [-0.2, 0) is 39.3 Å². The van der Waals surface area contributed by atoms with Gasteiger partial charge in [0.1, 0.15) is 0 Å². The fourth-order valence-corrected chi connectivity index (χ4v) is 4.19. The van der Waals surface area contributed by atoms with Gasteiger partial charge in [-0.15, -0.1) is 0 Å². The number of hydrogen-bond donors (Lipinski definition) is 2. The summed E-state index contributed by atoms with van der Waals surface area (Å²) in [6.45, 7) is 5.61. The van der Waals surface area contributed by atoms with E-state index in [1.165, 1.54) is 25.7 Å². The third kappa shape index (κ3) is 19.9. The van der Waals surface area contributed by atoms with E-state index >= 15 is 0 Å². The Bertz CT molecular complexity index is 819. The first-order valence-corrected chi connectivity index (χ1v) is 15.0. The first-order valence-electron chi connectivity index (χ1n) is 11.8. The molecule has 0 rings (SSSR count). The highest BCUT2D eigenvalue weighted by molar-refractivity contribution is 7.86. The summed E-state index contributed by atoms with van der Waals surface area (Å²) in [4.78, 5) is 24.7. The molecule has 1 unspecified atom stereocenters. The molecule has 200 valence electrons. The molecule has 0 bridgehead atoms. The number of carbonyl (C=O) groups excluding carboxylic acids is 2. The zero-order valence-corrected chi connectivity index (χ0v) is 21.7. The van der Waals surface area contributed by atoms with Crippen LogP contribution in [0, 0.1) is 5.92 Å². The summed E-state index contributed by atoms with van der Waals surface area (Å²) in [6.07, 6.45) is 8.78. The van der Waals surface area contributed by atoms with Crippen molar-refractivity contribution < 1.29 is 45.0 Å². The lowest BCUT2D eigenvalue weighted by Crippen LogP contribution is -2.25. The van der Waals surface area contributed by atoms with E-state index in [-0.39, 0.29) is 32.5 Å². The molecule has 0 radical (unpaired) electrons. The number of ether oxygens (including phenoxy) is 2. The Morgan fingerprint density at radius 2 is 1.24 bits per heavy atom. The summed E-state index contributed by atoms with van der Waals surface area (Å²) in [5.41, 5.74) is 0.501. The predicted molar refractivity (Wildman–Crippen MR) is 128 cm³/mol. The largest absolute Gasteiger partial charge is 0.466 e. The van der Waals surface area contributed by atoms with Gasteiger partial charge in [0.05, 0.1) is 37.1 Å². The molecule has 0 heterocycles. The summed E-state index contributed by atoms with van der Waals surface area (Å²) in [5, 5.41) is 0. The quantitative estimate of drug-likeness (QED) is 0.0971. The van der Waals surface area contributed by atoms with Crippen molar-refractivity contribution in [2.24, 2.45) is 5.92 Å². The van der Waals surface area contributed by atoms with Crippen LogP contribution in [0.1, 0.15) is 84.0 Å². The number of esters is 2. The number of hydrogen-bond acceptors (Lipinski definition) is 8. The highest BCUT2D eigenvalue weighted by Gasteiger charge is 2.27. The summed E-state index contributed by atoms with van der Waals surface area (Å²) < 4.78 is 70.5. The SMILES string of the molecule is C=C(CCCCCCCCCC)C(CC(=O)OCCCS(=O)(=O)O)C(=O)OCCCS(=O)(=O)O. The van der Waals surface area contributed by atoms with Crippen molar-refractivity contribution in [1.82, 2.24) is 0 Å². The minimum absolute atomic E-state index is 0.0888. The molecule has 0 aromatic carbocycles. The Morgan fingerprint density at radius 3 is 1.74 bits per heavy atom. The monoisotopic (exact) mass is 528 g/mol. The molecule has 10 nitrogen and oxygen atoms in total. The Hall–Kier alpha value is -1.50. The molecule has 12 heteroatoms. The van der Waals surface area contributed by atoms with Crippen molar-refractivity contribution in [2.45, 2.75) is 84.0 Å². The smallest absolute Gasteiger partial charge is 0.313 e. The maximum Gasteiger partial charge on any atom is 0.313 e. The topological polar surface area (TPSA) is 161 Å². The minimum Gasteiger partial charge on any atom is -0.466 e. The lowest BCUT2D eigenvalue weighted by Gasteiger charge is -2.18. The summed E-state index contributed by atoms with van der Waals surface area (Å²) in [5.74, 6) is -3.57. The Labute approximate surface area is 204 Å². The van der Waals surface area contributed by atoms with Gasteiger partial charge in [-0.2, -0.15) is 16.8 Å². The van der Waals surface area contributed by atoms with Crippen LogP contribution in [0.15, 0.2) is 12.2 Å². The van der Waals surface area contributed by atoms with Gasteiger partial charge >= 0.3 is 11.9 Å². The molecule has 0 aliphatic heterocycles. The van der Waals surface area contributed by atoms with Gasteiger partial charge in [0.25, 0.3) is 20.2 Å². The second kappa shape index (κ2) is 17.9. The molecule has 2 N–H and O–H groups in total. The van der Waals surface area contributed by atoms with Crippen LogP contribution in [0.5, 0.6) is 0 Å². The third-order valence-electron chi connectivity index (χ3n) is 5.10. The zero-order chi connectivity index (χ0) is 26.0. The lowest BCUT2D eigenvalue weighted by atomic mass is 9.92. The summed E-state index contributed by atoms with van der Waals surface area (Å²) in [7, 11) is -8.33. The van der Waals surface area contributed by atoms with Crippen molar-refractivity contribution >= 4 is 32.2 Å². The van der Waals surface area contributed by atoms with Gasteiger partial charge in [0, 0.05) is 0 Å².